The number of aryl methyl sites for hydroxylation is 2. The predicted octanol–water partition coefficient (Wildman–Crippen LogP) is 1.38. The number of aliphatic carboxylic acids is 1. The van der Waals surface area contributed by atoms with Gasteiger partial charge in [0, 0.05) is 5.69 Å². The lowest BCUT2D eigenvalue weighted by molar-refractivity contribution is -0.135. The minimum Gasteiger partial charge on any atom is -0.480 e. The maximum Gasteiger partial charge on any atom is 0.323 e. The van der Waals surface area contributed by atoms with Crippen molar-refractivity contribution in [1.29, 1.82) is 0 Å². The number of hydrogen-bond acceptors (Lipinski definition) is 2. The van der Waals surface area contributed by atoms with E-state index in [1.165, 1.54) is 11.1 Å². The van der Waals surface area contributed by atoms with Crippen LogP contribution in [-0.2, 0) is 17.6 Å². The number of fused-ring (bicyclic) bond motifs is 1. The number of hydrogen-bond donors (Lipinski definition) is 3. The van der Waals surface area contributed by atoms with Crippen molar-refractivity contribution < 1.29 is 14.7 Å². The van der Waals surface area contributed by atoms with E-state index in [0.29, 0.717) is 5.69 Å². The van der Waals surface area contributed by atoms with Crippen LogP contribution in [-0.4, -0.2) is 23.7 Å². The van der Waals surface area contributed by atoms with Gasteiger partial charge in [-0.25, -0.2) is 4.79 Å². The molecule has 1 aromatic rings. The van der Waals surface area contributed by atoms with E-state index in [4.69, 9.17) is 5.11 Å². The maximum absolute atomic E-state index is 11.3. The first-order valence-electron chi connectivity index (χ1n) is 5.53. The Balaban J connectivity index is 1.95. The second kappa shape index (κ2) is 4.86. The first kappa shape index (κ1) is 11.4. The molecule has 5 heteroatoms. The van der Waals surface area contributed by atoms with Crippen LogP contribution in [0.4, 0.5) is 10.5 Å². The lowest BCUT2D eigenvalue weighted by Crippen LogP contribution is -2.33. The number of anilines is 1. The van der Waals surface area contributed by atoms with Crippen LogP contribution < -0.4 is 10.6 Å². The number of carboxylic acids is 1. The molecule has 2 amide bonds. The SMILES string of the molecule is O=C(O)CNC(=O)Nc1ccc2c(c1)CCC2. The van der Waals surface area contributed by atoms with Crippen LogP contribution in [0.25, 0.3) is 0 Å². The van der Waals surface area contributed by atoms with E-state index in [1.807, 2.05) is 18.2 Å². The van der Waals surface area contributed by atoms with E-state index in [0.717, 1.165) is 19.3 Å². The molecule has 0 atom stereocenters. The summed E-state index contributed by atoms with van der Waals surface area (Å²) in [5, 5.41) is 13.3. The Morgan fingerprint density at radius 2 is 2.00 bits per heavy atom. The highest BCUT2D eigenvalue weighted by Crippen LogP contribution is 2.24. The number of benzene rings is 1. The summed E-state index contributed by atoms with van der Waals surface area (Å²) in [4.78, 5) is 21.6. The first-order chi connectivity index (χ1) is 8.15. The van der Waals surface area contributed by atoms with Gasteiger partial charge in [0.15, 0.2) is 0 Å². The fourth-order valence-electron chi connectivity index (χ4n) is 1.98. The Bertz CT molecular complexity index is 457. The van der Waals surface area contributed by atoms with Crippen molar-refractivity contribution in [3.8, 4) is 0 Å². The third-order valence-corrected chi connectivity index (χ3v) is 2.76. The summed E-state index contributed by atoms with van der Waals surface area (Å²) in [5.41, 5.74) is 3.30. The Labute approximate surface area is 98.8 Å². The molecule has 1 aromatic carbocycles. The Morgan fingerprint density at radius 1 is 1.24 bits per heavy atom. The van der Waals surface area contributed by atoms with Gasteiger partial charge in [0.1, 0.15) is 6.54 Å². The lowest BCUT2D eigenvalue weighted by Gasteiger charge is -2.07. The van der Waals surface area contributed by atoms with E-state index in [2.05, 4.69) is 10.6 Å². The zero-order valence-corrected chi connectivity index (χ0v) is 9.32. The third-order valence-electron chi connectivity index (χ3n) is 2.76. The normalized spacial score (nSPS) is 12.9. The predicted molar refractivity (Wildman–Crippen MR) is 63.1 cm³/mol. The van der Waals surface area contributed by atoms with Crippen molar-refractivity contribution in [2.45, 2.75) is 19.3 Å². The zero-order valence-electron chi connectivity index (χ0n) is 9.32. The number of nitrogens with one attached hydrogen (secondary N) is 2. The zero-order chi connectivity index (χ0) is 12.3. The fourth-order valence-corrected chi connectivity index (χ4v) is 1.98. The number of carboxylic acid groups (broad SMARTS) is 1. The molecule has 0 spiro atoms. The molecule has 0 aliphatic heterocycles. The third kappa shape index (κ3) is 2.96. The highest BCUT2D eigenvalue weighted by molar-refractivity contribution is 5.91. The van der Waals surface area contributed by atoms with Crippen LogP contribution in [0.5, 0.6) is 0 Å². The van der Waals surface area contributed by atoms with E-state index < -0.39 is 12.0 Å². The summed E-state index contributed by atoms with van der Waals surface area (Å²) in [5.74, 6) is -1.06. The van der Waals surface area contributed by atoms with Gasteiger partial charge >= 0.3 is 12.0 Å². The molecule has 1 aliphatic carbocycles. The summed E-state index contributed by atoms with van der Waals surface area (Å²) >= 11 is 0. The number of rotatable bonds is 3. The molecule has 0 bridgehead atoms. The Kier molecular flexibility index (Phi) is 3.27. The average molecular weight is 234 g/mol. The molecule has 0 aromatic heterocycles. The molecular formula is C12H14N2O3. The van der Waals surface area contributed by atoms with Crippen molar-refractivity contribution in [3.05, 3.63) is 29.3 Å². The molecule has 0 fully saturated rings. The van der Waals surface area contributed by atoms with Crippen molar-refractivity contribution in [2.24, 2.45) is 0 Å². The molecule has 2 rings (SSSR count). The number of carbonyl (C=O) groups is 2. The van der Waals surface area contributed by atoms with E-state index >= 15 is 0 Å². The molecule has 0 radical (unpaired) electrons. The van der Waals surface area contributed by atoms with Crippen molar-refractivity contribution in [3.63, 3.8) is 0 Å². The Morgan fingerprint density at radius 3 is 2.76 bits per heavy atom. The second-order valence-electron chi connectivity index (χ2n) is 4.04. The van der Waals surface area contributed by atoms with Crippen LogP contribution >= 0.6 is 0 Å². The van der Waals surface area contributed by atoms with Gasteiger partial charge in [-0.15, -0.1) is 0 Å². The topological polar surface area (TPSA) is 78.4 Å². The fraction of sp³-hybridized carbons (Fsp3) is 0.333. The lowest BCUT2D eigenvalue weighted by atomic mass is 10.1. The standard InChI is InChI=1S/C12H14N2O3/c15-11(16)7-13-12(17)14-10-5-4-8-2-1-3-9(8)6-10/h4-6H,1-3,7H2,(H,15,16)(H2,13,14,17). The smallest absolute Gasteiger partial charge is 0.323 e. The largest absolute Gasteiger partial charge is 0.480 e. The van der Waals surface area contributed by atoms with Gasteiger partial charge in [-0.1, -0.05) is 6.07 Å². The van der Waals surface area contributed by atoms with Crippen LogP contribution in [0.2, 0.25) is 0 Å². The number of urea groups is 1. The molecule has 5 nitrogen and oxygen atoms in total. The van der Waals surface area contributed by atoms with Gasteiger partial charge in [-0.3, -0.25) is 4.79 Å². The van der Waals surface area contributed by atoms with Crippen LogP contribution in [0, 0.1) is 0 Å². The van der Waals surface area contributed by atoms with Crippen molar-refractivity contribution in [1.82, 2.24) is 5.32 Å². The maximum atomic E-state index is 11.3. The van der Waals surface area contributed by atoms with E-state index in [1.54, 1.807) is 0 Å². The van der Waals surface area contributed by atoms with Gasteiger partial charge < -0.3 is 15.7 Å². The molecule has 3 N–H and O–H groups in total. The summed E-state index contributed by atoms with van der Waals surface area (Å²) < 4.78 is 0. The summed E-state index contributed by atoms with van der Waals surface area (Å²) in [7, 11) is 0. The molecule has 17 heavy (non-hydrogen) atoms. The second-order valence-corrected chi connectivity index (χ2v) is 4.04. The summed E-state index contributed by atoms with van der Waals surface area (Å²) in [6.45, 7) is -0.378. The molecule has 1 aliphatic rings. The molecule has 0 saturated heterocycles. The van der Waals surface area contributed by atoms with Gasteiger partial charge in [-0.05, 0) is 42.5 Å². The van der Waals surface area contributed by atoms with E-state index in [-0.39, 0.29) is 6.54 Å². The van der Waals surface area contributed by atoms with Crippen molar-refractivity contribution in [2.75, 3.05) is 11.9 Å². The number of carbonyl (C=O) groups excluding carboxylic acids is 1. The highest BCUT2D eigenvalue weighted by atomic mass is 16.4. The first-order valence-corrected chi connectivity index (χ1v) is 5.53. The van der Waals surface area contributed by atoms with Crippen LogP contribution in [0.15, 0.2) is 18.2 Å². The Hall–Kier alpha value is -2.04. The van der Waals surface area contributed by atoms with Gasteiger partial charge in [0.25, 0.3) is 0 Å². The summed E-state index contributed by atoms with van der Waals surface area (Å²) in [6, 6.07) is 5.30. The van der Waals surface area contributed by atoms with Gasteiger partial charge in [-0.2, -0.15) is 0 Å². The monoisotopic (exact) mass is 234 g/mol. The minimum atomic E-state index is -1.06. The average Bonchev–Trinajstić information content (AvgIpc) is 2.73. The van der Waals surface area contributed by atoms with E-state index in [9.17, 15) is 9.59 Å². The molecular weight excluding hydrogens is 220 g/mol. The molecule has 0 unspecified atom stereocenters. The van der Waals surface area contributed by atoms with Gasteiger partial charge in [0.2, 0.25) is 0 Å². The van der Waals surface area contributed by atoms with Crippen LogP contribution in [0.3, 0.4) is 0 Å². The van der Waals surface area contributed by atoms with Crippen molar-refractivity contribution >= 4 is 17.7 Å². The minimum absolute atomic E-state index is 0.378. The molecule has 0 heterocycles. The summed E-state index contributed by atoms with van der Waals surface area (Å²) in [6.07, 6.45) is 3.30. The highest BCUT2D eigenvalue weighted by Gasteiger charge is 2.11. The molecule has 0 saturated carbocycles. The quantitative estimate of drug-likeness (QED) is 0.739. The van der Waals surface area contributed by atoms with Crippen LogP contribution in [0.1, 0.15) is 17.5 Å². The molecule has 90 valence electrons. The number of amides is 2. The van der Waals surface area contributed by atoms with Gasteiger partial charge in [0.05, 0.1) is 0 Å².